The molecule has 1 aromatic heterocycles. The Labute approximate surface area is 166 Å². The lowest BCUT2D eigenvalue weighted by Crippen LogP contribution is -2.33. The Morgan fingerprint density at radius 1 is 1.10 bits per heavy atom. The van der Waals surface area contributed by atoms with Gasteiger partial charge in [0.05, 0.1) is 12.8 Å². The summed E-state index contributed by atoms with van der Waals surface area (Å²) >= 11 is 0. The van der Waals surface area contributed by atoms with E-state index in [1.807, 2.05) is 0 Å². The first-order chi connectivity index (χ1) is 14.0. The van der Waals surface area contributed by atoms with Crippen molar-refractivity contribution in [3.8, 4) is 17.3 Å². The molecule has 0 saturated heterocycles. The van der Waals surface area contributed by atoms with Crippen LogP contribution in [0.3, 0.4) is 0 Å². The Bertz CT molecular complexity index is 1030. The number of halogens is 1. The van der Waals surface area contributed by atoms with E-state index < -0.39 is 17.5 Å². The molecule has 2 aromatic carbocycles. The van der Waals surface area contributed by atoms with Crippen LogP contribution in [0, 0.1) is 5.82 Å². The van der Waals surface area contributed by atoms with E-state index in [1.54, 1.807) is 38.3 Å². The number of ether oxygens (including phenoxy) is 2. The first kappa shape index (κ1) is 20.1. The summed E-state index contributed by atoms with van der Waals surface area (Å²) in [5.41, 5.74) is 0.583. The van der Waals surface area contributed by atoms with Crippen LogP contribution in [0.5, 0.6) is 11.6 Å². The number of carbonyl (C=O) groups is 1. The predicted octanol–water partition coefficient (Wildman–Crippen LogP) is 3.18. The van der Waals surface area contributed by atoms with Gasteiger partial charge in [-0.25, -0.2) is 4.39 Å². The standard InChI is InChI=1S/C21H20FN3O4/c1-3-18(21(27)23-15-6-10-17(28-2)11-7-15)29-19-12-13-20(26)25(24-19)16-8-4-14(22)5-9-16/h4-13,18H,3H2,1-2H3,(H,23,27)/t18-/m0/s1. The highest BCUT2D eigenvalue weighted by atomic mass is 19.1. The van der Waals surface area contributed by atoms with Crippen molar-refractivity contribution in [1.82, 2.24) is 9.78 Å². The molecule has 0 aliphatic rings. The summed E-state index contributed by atoms with van der Waals surface area (Å²) in [6.45, 7) is 1.80. The van der Waals surface area contributed by atoms with Gasteiger partial charge >= 0.3 is 0 Å². The fourth-order valence-electron chi connectivity index (χ4n) is 2.59. The molecule has 0 fully saturated rings. The zero-order valence-corrected chi connectivity index (χ0v) is 16.0. The van der Waals surface area contributed by atoms with Crippen molar-refractivity contribution >= 4 is 11.6 Å². The number of amides is 1. The van der Waals surface area contributed by atoms with Gasteiger partial charge < -0.3 is 14.8 Å². The van der Waals surface area contributed by atoms with Crippen LogP contribution in [0.2, 0.25) is 0 Å². The van der Waals surface area contributed by atoms with Gasteiger partial charge in [-0.1, -0.05) is 6.92 Å². The van der Waals surface area contributed by atoms with Crippen molar-refractivity contribution in [2.24, 2.45) is 0 Å². The normalized spacial score (nSPS) is 11.6. The molecule has 0 saturated carbocycles. The maximum absolute atomic E-state index is 13.1. The molecular weight excluding hydrogens is 377 g/mol. The topological polar surface area (TPSA) is 82.5 Å². The molecule has 0 bridgehead atoms. The lowest BCUT2D eigenvalue weighted by atomic mass is 10.2. The molecule has 8 heteroatoms. The molecule has 3 rings (SSSR count). The van der Waals surface area contributed by atoms with Crippen LogP contribution in [-0.2, 0) is 4.79 Å². The molecule has 29 heavy (non-hydrogen) atoms. The number of hydrogen-bond donors (Lipinski definition) is 1. The second-order valence-corrected chi connectivity index (χ2v) is 6.13. The first-order valence-electron chi connectivity index (χ1n) is 8.98. The fourth-order valence-corrected chi connectivity index (χ4v) is 2.59. The highest BCUT2D eigenvalue weighted by molar-refractivity contribution is 5.94. The molecule has 7 nitrogen and oxygen atoms in total. The van der Waals surface area contributed by atoms with Crippen LogP contribution in [0.1, 0.15) is 13.3 Å². The van der Waals surface area contributed by atoms with Crippen LogP contribution in [-0.4, -0.2) is 28.9 Å². The van der Waals surface area contributed by atoms with E-state index in [0.29, 0.717) is 23.5 Å². The van der Waals surface area contributed by atoms with Crippen LogP contribution in [0.4, 0.5) is 10.1 Å². The maximum Gasteiger partial charge on any atom is 0.271 e. The maximum atomic E-state index is 13.1. The lowest BCUT2D eigenvalue weighted by Gasteiger charge is -2.17. The van der Waals surface area contributed by atoms with E-state index in [2.05, 4.69) is 10.4 Å². The number of methoxy groups -OCH3 is 1. The largest absolute Gasteiger partial charge is 0.497 e. The molecule has 1 heterocycles. The van der Waals surface area contributed by atoms with Crippen molar-refractivity contribution in [2.75, 3.05) is 12.4 Å². The third-order valence-electron chi connectivity index (χ3n) is 4.13. The minimum atomic E-state index is -0.816. The monoisotopic (exact) mass is 397 g/mol. The van der Waals surface area contributed by atoms with Crippen LogP contribution in [0.15, 0.2) is 65.5 Å². The predicted molar refractivity (Wildman–Crippen MR) is 106 cm³/mol. The van der Waals surface area contributed by atoms with Crippen molar-refractivity contribution in [1.29, 1.82) is 0 Å². The molecule has 1 atom stereocenters. The van der Waals surface area contributed by atoms with E-state index in [4.69, 9.17) is 9.47 Å². The van der Waals surface area contributed by atoms with E-state index in [1.165, 1.54) is 36.4 Å². The second kappa shape index (κ2) is 9.01. The number of benzene rings is 2. The summed E-state index contributed by atoms with van der Waals surface area (Å²) in [5.74, 6) is 0.0126. The van der Waals surface area contributed by atoms with Crippen molar-refractivity contribution < 1.29 is 18.7 Å². The minimum absolute atomic E-state index is 0.102. The molecule has 1 N–H and O–H groups in total. The SMILES string of the molecule is CC[C@H](Oc1ccc(=O)n(-c2ccc(F)cc2)n1)C(=O)Nc1ccc(OC)cc1. The Morgan fingerprint density at radius 3 is 2.41 bits per heavy atom. The fraction of sp³-hybridized carbons (Fsp3) is 0.190. The van der Waals surface area contributed by atoms with Crippen molar-refractivity contribution in [2.45, 2.75) is 19.4 Å². The Hall–Kier alpha value is -3.68. The number of aromatic nitrogens is 2. The highest BCUT2D eigenvalue weighted by Crippen LogP contribution is 2.17. The zero-order valence-electron chi connectivity index (χ0n) is 16.0. The van der Waals surface area contributed by atoms with Gasteiger partial charge in [-0.05, 0) is 55.0 Å². The molecule has 3 aromatic rings. The highest BCUT2D eigenvalue weighted by Gasteiger charge is 2.20. The molecular formula is C21H20FN3O4. The molecule has 0 aliphatic heterocycles. The van der Waals surface area contributed by atoms with Crippen LogP contribution >= 0.6 is 0 Å². The average molecular weight is 397 g/mol. The number of carbonyl (C=O) groups excluding carboxylic acids is 1. The van der Waals surface area contributed by atoms with Crippen LogP contribution < -0.4 is 20.3 Å². The quantitative estimate of drug-likeness (QED) is 0.662. The summed E-state index contributed by atoms with van der Waals surface area (Å²) in [7, 11) is 1.56. The number of anilines is 1. The molecule has 0 radical (unpaired) electrons. The summed E-state index contributed by atoms with van der Waals surface area (Å²) in [4.78, 5) is 24.7. The number of rotatable bonds is 7. The van der Waals surface area contributed by atoms with Gasteiger partial charge in [-0.15, -0.1) is 5.10 Å². The van der Waals surface area contributed by atoms with Gasteiger partial charge in [0.15, 0.2) is 6.10 Å². The average Bonchev–Trinajstić information content (AvgIpc) is 2.74. The molecule has 0 unspecified atom stereocenters. The van der Waals surface area contributed by atoms with E-state index in [-0.39, 0.29) is 11.8 Å². The Kier molecular flexibility index (Phi) is 6.23. The van der Waals surface area contributed by atoms with Crippen molar-refractivity contribution in [3.63, 3.8) is 0 Å². The van der Waals surface area contributed by atoms with Crippen molar-refractivity contribution in [3.05, 3.63) is 76.8 Å². The smallest absolute Gasteiger partial charge is 0.271 e. The minimum Gasteiger partial charge on any atom is -0.497 e. The lowest BCUT2D eigenvalue weighted by molar-refractivity contribution is -0.123. The van der Waals surface area contributed by atoms with Gasteiger partial charge in [-0.2, -0.15) is 4.68 Å². The number of nitrogens with one attached hydrogen (secondary N) is 1. The molecule has 1 amide bonds. The first-order valence-corrected chi connectivity index (χ1v) is 8.98. The van der Waals surface area contributed by atoms with E-state index in [9.17, 15) is 14.0 Å². The molecule has 0 aliphatic carbocycles. The summed E-state index contributed by atoms with van der Waals surface area (Å²) in [6, 6.07) is 14.9. The van der Waals surface area contributed by atoms with Gasteiger partial charge in [0.1, 0.15) is 11.6 Å². The summed E-state index contributed by atoms with van der Waals surface area (Å²) in [5, 5.41) is 6.91. The van der Waals surface area contributed by atoms with E-state index >= 15 is 0 Å². The number of hydrogen-bond acceptors (Lipinski definition) is 5. The third-order valence-corrected chi connectivity index (χ3v) is 4.13. The summed E-state index contributed by atoms with van der Waals surface area (Å²) in [6.07, 6.45) is -0.428. The molecule has 150 valence electrons. The van der Waals surface area contributed by atoms with Gasteiger partial charge in [0.25, 0.3) is 11.5 Å². The number of nitrogens with zero attached hydrogens (tertiary/aromatic N) is 2. The molecule has 0 spiro atoms. The van der Waals surface area contributed by atoms with Gasteiger partial charge in [0.2, 0.25) is 5.88 Å². The van der Waals surface area contributed by atoms with E-state index in [0.717, 1.165) is 4.68 Å². The zero-order chi connectivity index (χ0) is 20.8. The Balaban J connectivity index is 1.75. The van der Waals surface area contributed by atoms with Crippen LogP contribution in [0.25, 0.3) is 5.69 Å². The second-order valence-electron chi connectivity index (χ2n) is 6.13. The van der Waals surface area contributed by atoms with Gasteiger partial charge in [0, 0.05) is 17.8 Å². The third kappa shape index (κ3) is 4.98. The van der Waals surface area contributed by atoms with Gasteiger partial charge in [-0.3, -0.25) is 9.59 Å². The summed E-state index contributed by atoms with van der Waals surface area (Å²) < 4.78 is 25.0. The Morgan fingerprint density at radius 2 is 1.79 bits per heavy atom.